The highest BCUT2D eigenvalue weighted by Gasteiger charge is 2.39. The number of aliphatic hydroxyl groups is 1. The third kappa shape index (κ3) is 4.58. The van der Waals surface area contributed by atoms with E-state index in [0.717, 1.165) is 22.5 Å². The smallest absolute Gasteiger partial charge is 0.282 e. The largest absolute Gasteiger partial charge is 0.390 e. The summed E-state index contributed by atoms with van der Waals surface area (Å²) in [5.41, 5.74) is 3.62. The lowest BCUT2D eigenvalue weighted by atomic mass is 9.77. The van der Waals surface area contributed by atoms with Gasteiger partial charge in [-0.3, -0.25) is 9.78 Å². The van der Waals surface area contributed by atoms with Crippen molar-refractivity contribution in [2.75, 3.05) is 5.32 Å². The molecule has 0 spiro atoms. The quantitative estimate of drug-likeness (QED) is 0.376. The summed E-state index contributed by atoms with van der Waals surface area (Å²) in [6.45, 7) is 5.83. The molecule has 1 amide bonds. The number of carbonyl (C=O) groups is 1. The summed E-state index contributed by atoms with van der Waals surface area (Å²) in [7, 11) is 0. The number of fused-ring (bicyclic) bond motifs is 1. The van der Waals surface area contributed by atoms with Crippen LogP contribution in [0.25, 0.3) is 27.5 Å². The van der Waals surface area contributed by atoms with Crippen LogP contribution in [0.2, 0.25) is 0 Å². The van der Waals surface area contributed by atoms with E-state index in [2.05, 4.69) is 37.0 Å². The van der Waals surface area contributed by atoms with Crippen LogP contribution in [0.1, 0.15) is 49.0 Å². The van der Waals surface area contributed by atoms with Crippen molar-refractivity contribution in [1.29, 1.82) is 5.26 Å². The first-order valence-electron chi connectivity index (χ1n) is 11.2. The lowest BCUT2D eigenvalue weighted by Crippen LogP contribution is -2.53. The fourth-order valence-corrected chi connectivity index (χ4v) is 5.00. The van der Waals surface area contributed by atoms with Crippen molar-refractivity contribution in [3.8, 4) is 28.0 Å². The Morgan fingerprint density at radius 1 is 1.29 bits per heavy atom. The van der Waals surface area contributed by atoms with Crippen molar-refractivity contribution in [1.82, 2.24) is 30.1 Å². The van der Waals surface area contributed by atoms with Crippen molar-refractivity contribution >= 4 is 28.4 Å². The SMILES string of the molecule is CC(C)Nc1cc(-c2ccc3cc(C#N)cnn23)ncc1-c1nnc(C(=O)NC2CC(C)(O)C2)s1. The molecule has 4 aromatic heterocycles. The highest BCUT2D eigenvalue weighted by molar-refractivity contribution is 7.16. The summed E-state index contributed by atoms with van der Waals surface area (Å²) in [5.74, 6) is -0.292. The van der Waals surface area contributed by atoms with Gasteiger partial charge in [0.2, 0.25) is 5.01 Å². The Kier molecular flexibility index (Phi) is 5.70. The van der Waals surface area contributed by atoms with Crippen molar-refractivity contribution in [3.05, 3.63) is 47.2 Å². The van der Waals surface area contributed by atoms with Gasteiger partial charge in [-0.05, 0) is 57.9 Å². The van der Waals surface area contributed by atoms with Crippen molar-refractivity contribution in [3.63, 3.8) is 0 Å². The molecule has 3 N–H and O–H groups in total. The summed E-state index contributed by atoms with van der Waals surface area (Å²) in [5, 5.41) is 38.9. The number of nitrogens with one attached hydrogen (secondary N) is 2. The molecule has 10 nitrogen and oxygen atoms in total. The topological polar surface area (TPSA) is 141 Å². The Bertz CT molecular complexity index is 1460. The zero-order valence-corrected chi connectivity index (χ0v) is 20.3. The van der Waals surface area contributed by atoms with Crippen molar-refractivity contribution in [2.45, 2.75) is 51.3 Å². The Hall–Kier alpha value is -3.88. The number of carbonyl (C=O) groups excluding carboxylic acids is 1. The van der Waals surface area contributed by atoms with E-state index in [4.69, 9.17) is 5.26 Å². The first kappa shape index (κ1) is 22.9. The van der Waals surface area contributed by atoms with E-state index in [9.17, 15) is 9.90 Å². The van der Waals surface area contributed by atoms with Crippen LogP contribution < -0.4 is 10.6 Å². The summed E-state index contributed by atoms with van der Waals surface area (Å²) in [4.78, 5) is 17.2. The molecule has 0 bridgehead atoms. The van der Waals surface area contributed by atoms with Crippen LogP contribution in [0.5, 0.6) is 0 Å². The van der Waals surface area contributed by atoms with Crippen LogP contribution in [-0.2, 0) is 0 Å². The minimum Gasteiger partial charge on any atom is -0.390 e. The highest BCUT2D eigenvalue weighted by atomic mass is 32.1. The zero-order valence-electron chi connectivity index (χ0n) is 19.5. The molecule has 0 atom stereocenters. The first-order chi connectivity index (χ1) is 16.7. The monoisotopic (exact) mass is 488 g/mol. The van der Waals surface area contributed by atoms with Crippen LogP contribution in [0.4, 0.5) is 5.69 Å². The maximum atomic E-state index is 12.6. The molecular formula is C24H24N8O2S. The van der Waals surface area contributed by atoms with Gasteiger partial charge in [0, 0.05) is 24.0 Å². The predicted molar refractivity (Wildman–Crippen MR) is 132 cm³/mol. The van der Waals surface area contributed by atoms with E-state index in [-0.39, 0.29) is 23.0 Å². The molecule has 0 radical (unpaired) electrons. The third-order valence-electron chi connectivity index (χ3n) is 5.80. The second-order valence-corrected chi connectivity index (χ2v) is 10.3. The molecule has 4 aromatic rings. The molecule has 1 aliphatic carbocycles. The first-order valence-corrected chi connectivity index (χ1v) is 12.1. The van der Waals surface area contributed by atoms with Gasteiger partial charge in [-0.2, -0.15) is 10.4 Å². The number of pyridine rings is 1. The van der Waals surface area contributed by atoms with E-state index >= 15 is 0 Å². The molecule has 4 heterocycles. The molecule has 0 unspecified atom stereocenters. The maximum Gasteiger partial charge on any atom is 0.282 e. The summed E-state index contributed by atoms with van der Waals surface area (Å²) in [6, 6.07) is 9.70. The van der Waals surface area contributed by atoms with Gasteiger partial charge >= 0.3 is 0 Å². The molecule has 1 saturated carbocycles. The molecule has 1 aliphatic rings. The number of amides is 1. The van der Waals surface area contributed by atoms with Gasteiger partial charge in [0.05, 0.1) is 39.8 Å². The fraction of sp³-hybridized carbons (Fsp3) is 0.333. The number of nitriles is 1. The molecule has 0 saturated heterocycles. The predicted octanol–water partition coefficient (Wildman–Crippen LogP) is 3.25. The van der Waals surface area contributed by atoms with Gasteiger partial charge in [0.1, 0.15) is 6.07 Å². The van der Waals surface area contributed by atoms with Crippen LogP contribution in [-0.4, -0.2) is 53.5 Å². The molecule has 1 fully saturated rings. The Morgan fingerprint density at radius 2 is 2.09 bits per heavy atom. The van der Waals surface area contributed by atoms with Crippen LogP contribution in [0, 0.1) is 11.3 Å². The maximum absolute atomic E-state index is 12.6. The number of aromatic nitrogens is 5. The van der Waals surface area contributed by atoms with Gasteiger partial charge in [-0.1, -0.05) is 11.3 Å². The molecule has 0 aliphatic heterocycles. The van der Waals surface area contributed by atoms with Gasteiger partial charge < -0.3 is 15.7 Å². The fourth-order valence-electron chi connectivity index (χ4n) is 4.23. The number of nitrogens with zero attached hydrogens (tertiary/aromatic N) is 6. The average Bonchev–Trinajstić information content (AvgIpc) is 3.44. The minimum absolute atomic E-state index is 0.0568. The van der Waals surface area contributed by atoms with Crippen molar-refractivity contribution in [2.24, 2.45) is 0 Å². The second kappa shape index (κ2) is 8.72. The Labute approximate surface area is 205 Å². The van der Waals surface area contributed by atoms with E-state index < -0.39 is 5.60 Å². The summed E-state index contributed by atoms with van der Waals surface area (Å²) < 4.78 is 1.74. The molecule has 35 heavy (non-hydrogen) atoms. The zero-order chi connectivity index (χ0) is 24.7. The Morgan fingerprint density at radius 3 is 2.80 bits per heavy atom. The van der Waals surface area contributed by atoms with Gasteiger partial charge in [-0.25, -0.2) is 4.52 Å². The van der Waals surface area contributed by atoms with Gasteiger partial charge in [0.25, 0.3) is 5.91 Å². The van der Waals surface area contributed by atoms with Gasteiger partial charge in [0.15, 0.2) is 5.01 Å². The molecule has 0 aromatic carbocycles. The lowest BCUT2D eigenvalue weighted by molar-refractivity contribution is -0.0367. The van der Waals surface area contributed by atoms with Crippen LogP contribution in [0.3, 0.4) is 0 Å². The summed E-state index contributed by atoms with van der Waals surface area (Å²) >= 11 is 1.20. The molecule has 11 heteroatoms. The second-order valence-electron chi connectivity index (χ2n) is 9.31. The van der Waals surface area contributed by atoms with Crippen molar-refractivity contribution < 1.29 is 9.90 Å². The van der Waals surface area contributed by atoms with E-state index in [1.807, 2.05) is 32.0 Å². The van der Waals surface area contributed by atoms with E-state index in [1.54, 1.807) is 23.7 Å². The molecule has 178 valence electrons. The standard InChI is InChI=1S/C24H24N8O2S/c1-13(2)28-18-7-19(20-5-4-16-6-14(10-25)11-27-32(16)20)26-12-17(18)22-30-31-23(35-22)21(33)29-15-8-24(3,34)9-15/h4-7,11-13,15,34H,8-9H2,1-3H3,(H,26,28)(H,29,33). The van der Waals surface area contributed by atoms with Crippen LogP contribution in [0.15, 0.2) is 36.7 Å². The normalized spacial score (nSPS) is 19.4. The van der Waals surface area contributed by atoms with E-state index in [1.165, 1.54) is 17.5 Å². The van der Waals surface area contributed by atoms with Crippen LogP contribution >= 0.6 is 11.3 Å². The highest BCUT2D eigenvalue weighted by Crippen LogP contribution is 2.35. The minimum atomic E-state index is -0.714. The number of rotatable bonds is 6. The summed E-state index contributed by atoms with van der Waals surface area (Å²) in [6.07, 6.45) is 4.30. The lowest BCUT2D eigenvalue weighted by Gasteiger charge is -2.40. The number of anilines is 1. The average molecular weight is 489 g/mol. The molecule has 5 rings (SSSR count). The Balaban J connectivity index is 1.44. The molecular weight excluding hydrogens is 464 g/mol. The van der Waals surface area contributed by atoms with Gasteiger partial charge in [-0.15, -0.1) is 10.2 Å². The van der Waals surface area contributed by atoms with E-state index in [0.29, 0.717) is 29.1 Å². The third-order valence-corrected chi connectivity index (χ3v) is 6.75. The number of hydrogen-bond acceptors (Lipinski definition) is 9. The number of hydrogen-bond donors (Lipinski definition) is 3.